The molecule has 0 aliphatic carbocycles. The molecule has 0 radical (unpaired) electrons. The number of nitrogens with one attached hydrogen (secondary N) is 1. The Labute approximate surface area is 246 Å². The van der Waals surface area contributed by atoms with Gasteiger partial charge < -0.3 is 5.11 Å². The number of aliphatic hydroxyl groups is 1. The number of halogens is 4. The number of aromatic amines is 1. The number of aromatic nitrogens is 2. The van der Waals surface area contributed by atoms with Crippen LogP contribution in [0.1, 0.15) is 70.3 Å². The number of hydrogen-bond acceptors (Lipinski definition) is 5. The molecule has 0 amide bonds. The lowest BCUT2D eigenvalue weighted by Crippen LogP contribution is -2.44. The van der Waals surface area contributed by atoms with Crippen molar-refractivity contribution < 1.29 is 31.5 Å². The van der Waals surface area contributed by atoms with Crippen molar-refractivity contribution in [3.63, 3.8) is 0 Å². The Balaban J connectivity index is 1.47. The molecular weight excluding hydrogens is 591 g/mol. The van der Waals surface area contributed by atoms with Gasteiger partial charge in [-0.3, -0.25) is 9.89 Å². The molecule has 4 aromatic rings. The zero-order valence-electron chi connectivity index (χ0n) is 22.4. The van der Waals surface area contributed by atoms with Crippen LogP contribution in [-0.2, 0) is 10.0 Å². The molecule has 42 heavy (non-hydrogen) atoms. The van der Waals surface area contributed by atoms with Crippen LogP contribution in [0.25, 0.3) is 10.9 Å². The van der Waals surface area contributed by atoms with Gasteiger partial charge in [-0.25, -0.2) is 8.42 Å². The van der Waals surface area contributed by atoms with Crippen molar-refractivity contribution in [3.8, 4) is 0 Å². The lowest BCUT2D eigenvalue weighted by Gasteiger charge is -2.31. The number of rotatable bonds is 9. The highest BCUT2D eigenvalue weighted by molar-refractivity contribution is 7.90. The summed E-state index contributed by atoms with van der Waals surface area (Å²) in [6, 6.07) is 20.7. The average molecular weight is 620 g/mol. The maximum atomic E-state index is 13.1. The summed E-state index contributed by atoms with van der Waals surface area (Å²) >= 11 is 6.17. The molecule has 1 saturated heterocycles. The molecule has 5 rings (SSSR count). The van der Waals surface area contributed by atoms with E-state index in [4.69, 9.17) is 16.7 Å². The number of Topliss-reactive ketones (excluding diaryl/α,β-unsaturated/α-hetero) is 1. The van der Waals surface area contributed by atoms with E-state index in [0.29, 0.717) is 26.8 Å². The number of nitrogens with zero attached hydrogens (tertiary/aromatic N) is 2. The molecule has 1 atom stereocenters. The monoisotopic (exact) mass is 619 g/mol. The highest BCUT2D eigenvalue weighted by Gasteiger charge is 2.50. The van der Waals surface area contributed by atoms with Crippen LogP contribution < -0.4 is 0 Å². The number of piperidine rings is 1. The Bertz CT molecular complexity index is 1660. The minimum Gasteiger partial charge on any atom is -0.396 e. The standard InChI is InChI=1S/C30H29ClF3N3O4S/c31-24-10-7-21(8-11-24)28(20-5-3-19(4-6-20)27(39)2-1-17-38)23-9-12-26-25(18-23)29(36-35-26)22-13-15-37(16-14-22)42(40,41)30(32,33)34/h3-12,18,22,28,38H,1-2,13-17H2,(H,35,36). The number of aliphatic hydroxyl groups excluding tert-OH is 1. The largest absolute Gasteiger partial charge is 0.511 e. The van der Waals surface area contributed by atoms with Crippen LogP contribution in [0.15, 0.2) is 66.7 Å². The molecule has 2 heterocycles. The highest BCUT2D eigenvalue weighted by atomic mass is 35.5. The number of ketones is 1. The van der Waals surface area contributed by atoms with Crippen molar-refractivity contribution in [2.24, 2.45) is 0 Å². The Hall–Kier alpha value is -3.25. The van der Waals surface area contributed by atoms with E-state index in [0.717, 1.165) is 27.8 Å². The second kappa shape index (κ2) is 12.2. The van der Waals surface area contributed by atoms with Crippen molar-refractivity contribution >= 4 is 38.3 Å². The lowest BCUT2D eigenvalue weighted by molar-refractivity contribution is -0.0494. The third-order valence-electron chi connectivity index (χ3n) is 7.77. The molecule has 7 nitrogen and oxygen atoms in total. The van der Waals surface area contributed by atoms with E-state index in [1.54, 1.807) is 24.3 Å². The molecule has 1 aromatic heterocycles. The number of carbonyl (C=O) groups excluding carboxylic acids is 1. The molecule has 3 aromatic carbocycles. The van der Waals surface area contributed by atoms with E-state index in [9.17, 15) is 26.4 Å². The number of alkyl halides is 3. The molecule has 12 heteroatoms. The van der Waals surface area contributed by atoms with Crippen molar-refractivity contribution in [2.75, 3.05) is 19.7 Å². The van der Waals surface area contributed by atoms with Crippen LogP contribution >= 0.6 is 11.6 Å². The predicted octanol–water partition coefficient (Wildman–Crippen LogP) is 6.38. The Morgan fingerprint density at radius 1 is 1.00 bits per heavy atom. The van der Waals surface area contributed by atoms with E-state index in [1.807, 2.05) is 42.5 Å². The zero-order chi connectivity index (χ0) is 30.1. The van der Waals surface area contributed by atoms with Gasteiger partial charge in [0.2, 0.25) is 0 Å². The first-order valence-electron chi connectivity index (χ1n) is 13.5. The van der Waals surface area contributed by atoms with Gasteiger partial charge in [0.05, 0.1) is 5.52 Å². The van der Waals surface area contributed by atoms with Crippen LogP contribution in [0, 0.1) is 0 Å². The average Bonchev–Trinajstić information content (AvgIpc) is 3.40. The summed E-state index contributed by atoms with van der Waals surface area (Å²) in [4.78, 5) is 12.5. The molecule has 1 fully saturated rings. The minimum atomic E-state index is -5.36. The van der Waals surface area contributed by atoms with Gasteiger partial charge in [-0.05, 0) is 60.2 Å². The maximum Gasteiger partial charge on any atom is 0.511 e. The van der Waals surface area contributed by atoms with Crippen molar-refractivity contribution in [1.29, 1.82) is 0 Å². The van der Waals surface area contributed by atoms with Gasteiger partial charge >= 0.3 is 15.5 Å². The highest BCUT2D eigenvalue weighted by Crippen LogP contribution is 2.38. The van der Waals surface area contributed by atoms with Gasteiger partial charge in [0.1, 0.15) is 0 Å². The lowest BCUT2D eigenvalue weighted by atomic mass is 9.83. The van der Waals surface area contributed by atoms with Gasteiger partial charge in [0.25, 0.3) is 0 Å². The van der Waals surface area contributed by atoms with Gasteiger partial charge in [-0.2, -0.15) is 22.6 Å². The van der Waals surface area contributed by atoms with Gasteiger partial charge in [0, 0.05) is 59.6 Å². The van der Waals surface area contributed by atoms with E-state index in [1.165, 1.54) is 0 Å². The van der Waals surface area contributed by atoms with Gasteiger partial charge in [0.15, 0.2) is 5.78 Å². The molecule has 0 saturated carbocycles. The van der Waals surface area contributed by atoms with Gasteiger partial charge in [-0.1, -0.05) is 54.1 Å². The van der Waals surface area contributed by atoms with Crippen LogP contribution in [0.2, 0.25) is 5.02 Å². The Morgan fingerprint density at radius 3 is 2.19 bits per heavy atom. The minimum absolute atomic E-state index is 0.0443. The molecule has 1 aliphatic heterocycles. The van der Waals surface area contributed by atoms with E-state index < -0.39 is 15.5 Å². The van der Waals surface area contributed by atoms with E-state index >= 15 is 0 Å². The number of benzene rings is 3. The van der Waals surface area contributed by atoms with Crippen LogP contribution in [0.5, 0.6) is 0 Å². The number of fused-ring (bicyclic) bond motifs is 1. The molecule has 0 bridgehead atoms. The van der Waals surface area contributed by atoms with E-state index in [2.05, 4.69) is 10.2 Å². The molecule has 2 N–H and O–H groups in total. The molecule has 0 spiro atoms. The first kappa shape index (κ1) is 30.2. The number of sulfonamides is 1. The Kier molecular flexibility index (Phi) is 8.75. The molecule has 1 aliphatic rings. The van der Waals surface area contributed by atoms with Crippen molar-refractivity contribution in [1.82, 2.24) is 14.5 Å². The quantitative estimate of drug-likeness (QED) is 0.167. The fraction of sp³-hybridized carbons (Fsp3) is 0.333. The fourth-order valence-corrected chi connectivity index (χ4v) is 6.66. The fourth-order valence-electron chi connectivity index (χ4n) is 5.55. The summed E-state index contributed by atoms with van der Waals surface area (Å²) in [7, 11) is -5.36. The molecule has 1 unspecified atom stereocenters. The second-order valence-corrected chi connectivity index (χ2v) is 12.8. The first-order valence-corrected chi connectivity index (χ1v) is 15.3. The van der Waals surface area contributed by atoms with Crippen molar-refractivity contribution in [3.05, 3.63) is 99.7 Å². The normalized spacial score (nSPS) is 16.1. The topological polar surface area (TPSA) is 103 Å². The number of H-pyrrole nitrogens is 1. The van der Waals surface area contributed by atoms with E-state index in [-0.39, 0.29) is 56.6 Å². The molecule has 222 valence electrons. The van der Waals surface area contributed by atoms with Crippen LogP contribution in [-0.4, -0.2) is 59.0 Å². The molecular formula is C30H29ClF3N3O4S. The van der Waals surface area contributed by atoms with Crippen LogP contribution in [0.3, 0.4) is 0 Å². The first-order chi connectivity index (χ1) is 20.0. The summed E-state index contributed by atoms with van der Waals surface area (Å²) in [5.74, 6) is -0.463. The van der Waals surface area contributed by atoms with Crippen molar-refractivity contribution in [2.45, 2.75) is 43.0 Å². The number of carbonyl (C=O) groups is 1. The third-order valence-corrected chi connectivity index (χ3v) is 9.65. The summed E-state index contributed by atoms with van der Waals surface area (Å²) in [6.07, 6.45) is 1.11. The number of hydrogen-bond donors (Lipinski definition) is 2. The zero-order valence-corrected chi connectivity index (χ0v) is 24.0. The SMILES string of the molecule is O=C(CCCO)c1ccc(C(c2ccc(Cl)cc2)c2ccc3n[nH]c(C4CCN(S(=O)(=O)C(F)(F)F)CC4)c3c2)cc1. The summed E-state index contributed by atoms with van der Waals surface area (Å²) in [5.41, 5.74) is -0.469. The maximum absolute atomic E-state index is 13.1. The summed E-state index contributed by atoms with van der Waals surface area (Å²) < 4.78 is 63.4. The summed E-state index contributed by atoms with van der Waals surface area (Å²) in [6.45, 7) is -0.514. The van der Waals surface area contributed by atoms with Gasteiger partial charge in [-0.15, -0.1) is 0 Å². The second-order valence-electron chi connectivity index (χ2n) is 10.4. The summed E-state index contributed by atoms with van der Waals surface area (Å²) in [5, 5.41) is 17.9. The predicted molar refractivity (Wildman–Crippen MR) is 154 cm³/mol. The third kappa shape index (κ3) is 6.10. The smallest absolute Gasteiger partial charge is 0.396 e. The Morgan fingerprint density at radius 2 is 1.60 bits per heavy atom. The van der Waals surface area contributed by atoms with Crippen LogP contribution in [0.4, 0.5) is 13.2 Å².